The number of ether oxygens (including phenoxy) is 2. The highest BCUT2D eigenvalue weighted by molar-refractivity contribution is 9.10. The van der Waals surface area contributed by atoms with E-state index in [4.69, 9.17) is 21.1 Å². The molecule has 9 heteroatoms. The van der Waals surface area contributed by atoms with Gasteiger partial charge in [-0.3, -0.25) is 0 Å². The van der Waals surface area contributed by atoms with Gasteiger partial charge in [0.1, 0.15) is 30.2 Å². The van der Waals surface area contributed by atoms with Crippen LogP contribution >= 0.6 is 27.5 Å². The summed E-state index contributed by atoms with van der Waals surface area (Å²) in [5.41, 5.74) is 2.75. The number of hydrogen-bond acceptors (Lipinski definition) is 6. The van der Waals surface area contributed by atoms with Crippen molar-refractivity contribution in [3.63, 3.8) is 0 Å². The highest BCUT2D eigenvalue weighted by Crippen LogP contribution is 2.42. The molecule has 1 saturated heterocycles. The van der Waals surface area contributed by atoms with Crippen molar-refractivity contribution in [3.8, 4) is 5.75 Å². The third-order valence-corrected chi connectivity index (χ3v) is 6.21. The molecule has 0 saturated carbocycles. The summed E-state index contributed by atoms with van der Waals surface area (Å²) in [5, 5.41) is 40.1. The smallest absolute Gasteiger partial charge is 0.229 e. The average Bonchev–Trinajstić information content (AvgIpc) is 3.02. The largest absolute Gasteiger partial charge is 0.460 e. The Balaban J connectivity index is 1.98. The monoisotopic (exact) mass is 435 g/mol. The van der Waals surface area contributed by atoms with Crippen LogP contribution in [-0.2, 0) is 4.74 Å². The van der Waals surface area contributed by atoms with Crippen LogP contribution in [0.15, 0.2) is 10.7 Å². The van der Waals surface area contributed by atoms with Crippen molar-refractivity contribution < 1.29 is 29.9 Å². The first-order valence-electron chi connectivity index (χ1n) is 7.70. The fourth-order valence-corrected chi connectivity index (χ4v) is 3.75. The number of nitrogens with one attached hydrogen (secondary N) is 1. The lowest BCUT2D eigenvalue weighted by Crippen LogP contribution is -2.60. The Bertz CT molecular complexity index is 795. The fourth-order valence-electron chi connectivity index (χ4n) is 2.93. The topological polar surface area (TPSA) is 115 Å². The van der Waals surface area contributed by atoms with Crippen molar-refractivity contribution in [1.82, 2.24) is 4.98 Å². The second kappa shape index (κ2) is 7.03. The Labute approximate surface area is 157 Å². The molecule has 2 aromatic rings. The first-order chi connectivity index (χ1) is 11.8. The Kier molecular flexibility index (Phi) is 5.32. The van der Waals surface area contributed by atoms with E-state index in [0.717, 1.165) is 21.1 Å². The number of H-pyrrole nitrogens is 1. The maximum Gasteiger partial charge on any atom is 0.229 e. The van der Waals surface area contributed by atoms with Gasteiger partial charge < -0.3 is 34.9 Å². The number of hydrogen-bond donors (Lipinski definition) is 5. The summed E-state index contributed by atoms with van der Waals surface area (Å²) in [4.78, 5) is 3.09. The average molecular weight is 437 g/mol. The van der Waals surface area contributed by atoms with Crippen molar-refractivity contribution in [2.45, 2.75) is 44.6 Å². The van der Waals surface area contributed by atoms with Gasteiger partial charge in [-0.15, -0.1) is 0 Å². The van der Waals surface area contributed by atoms with Crippen LogP contribution < -0.4 is 4.74 Å². The number of fused-ring (bicyclic) bond motifs is 1. The molecule has 0 bridgehead atoms. The van der Waals surface area contributed by atoms with Crippen LogP contribution in [0.4, 0.5) is 0 Å². The van der Waals surface area contributed by atoms with Crippen molar-refractivity contribution in [2.24, 2.45) is 0 Å². The number of benzene rings is 1. The van der Waals surface area contributed by atoms with Gasteiger partial charge in [0.25, 0.3) is 0 Å². The van der Waals surface area contributed by atoms with Crippen LogP contribution in [0.2, 0.25) is 5.02 Å². The van der Waals surface area contributed by atoms with Gasteiger partial charge in [0.2, 0.25) is 6.29 Å². The highest BCUT2D eigenvalue weighted by atomic mass is 79.9. The first-order valence-corrected chi connectivity index (χ1v) is 8.87. The predicted molar refractivity (Wildman–Crippen MR) is 94.9 cm³/mol. The molecule has 0 spiro atoms. The van der Waals surface area contributed by atoms with Gasteiger partial charge >= 0.3 is 0 Å². The van der Waals surface area contributed by atoms with E-state index in [2.05, 4.69) is 20.9 Å². The van der Waals surface area contributed by atoms with Crippen LogP contribution in [-0.4, -0.2) is 62.7 Å². The number of aliphatic hydroxyl groups excluding tert-OH is 4. The third-order valence-electron chi connectivity index (χ3n) is 4.61. The molecule has 138 valence electrons. The Morgan fingerprint density at radius 3 is 2.52 bits per heavy atom. The summed E-state index contributed by atoms with van der Waals surface area (Å²) in [7, 11) is 0. The number of aromatic nitrogens is 1. The molecule has 3 rings (SSSR count). The normalized spacial score (nSPS) is 30.0. The fraction of sp³-hybridized carbons (Fsp3) is 0.500. The molecule has 5 atom stereocenters. The Morgan fingerprint density at radius 1 is 1.20 bits per heavy atom. The van der Waals surface area contributed by atoms with Crippen molar-refractivity contribution in [1.29, 1.82) is 0 Å². The quantitative estimate of drug-likeness (QED) is 0.496. The van der Waals surface area contributed by atoms with Crippen molar-refractivity contribution in [2.75, 3.05) is 6.61 Å². The first kappa shape index (κ1) is 18.9. The minimum Gasteiger partial charge on any atom is -0.460 e. The van der Waals surface area contributed by atoms with Crippen molar-refractivity contribution >= 4 is 38.4 Å². The molecule has 1 aliphatic rings. The van der Waals surface area contributed by atoms with Crippen LogP contribution in [0.3, 0.4) is 0 Å². The summed E-state index contributed by atoms with van der Waals surface area (Å²) in [6.45, 7) is 3.35. The van der Waals surface area contributed by atoms with E-state index in [1.165, 1.54) is 0 Å². The molecular formula is C16H19BrClNO6. The zero-order valence-electron chi connectivity index (χ0n) is 13.5. The van der Waals surface area contributed by atoms with Crippen LogP contribution in [0.25, 0.3) is 10.9 Å². The standard InChI is InChI=1S/C16H19BrClNO6/c1-5-6(2)12-9(11(18)10(5)17)7(3-19-12)24-16-15(23)14(22)13(21)8(4-20)25-16/h3,8,13-16,19-23H,4H2,1-2H3/t8?,13?,14?,15-,16?/m1/s1. The molecular weight excluding hydrogens is 418 g/mol. The third kappa shape index (κ3) is 3.06. The summed E-state index contributed by atoms with van der Waals surface area (Å²) in [6, 6.07) is 0. The SMILES string of the molecule is Cc1c(Br)c(Cl)c2c(OC3OC(CO)C(O)C(O)[C@H]3O)c[nH]c2c1C. The molecule has 0 amide bonds. The van der Waals surface area contributed by atoms with Gasteiger partial charge in [-0.2, -0.15) is 0 Å². The van der Waals surface area contributed by atoms with Gasteiger partial charge in [-0.25, -0.2) is 0 Å². The molecule has 4 unspecified atom stereocenters. The molecule has 5 N–H and O–H groups in total. The van der Waals surface area contributed by atoms with Crippen LogP contribution in [0.1, 0.15) is 11.1 Å². The zero-order chi connectivity index (χ0) is 18.5. The molecule has 1 aliphatic heterocycles. The minimum absolute atomic E-state index is 0.327. The lowest BCUT2D eigenvalue weighted by Gasteiger charge is -2.39. The highest BCUT2D eigenvalue weighted by Gasteiger charge is 2.45. The zero-order valence-corrected chi connectivity index (χ0v) is 15.9. The summed E-state index contributed by atoms with van der Waals surface area (Å²) in [5.74, 6) is 0.327. The molecule has 0 aliphatic carbocycles. The number of aryl methyl sites for hydroxylation is 1. The van der Waals surface area contributed by atoms with Crippen LogP contribution in [0, 0.1) is 13.8 Å². The Morgan fingerprint density at radius 2 is 1.88 bits per heavy atom. The van der Waals surface area contributed by atoms with Gasteiger partial charge in [0.05, 0.1) is 22.5 Å². The number of rotatable bonds is 3. The summed E-state index contributed by atoms with van der Waals surface area (Å²) >= 11 is 9.89. The lowest BCUT2D eigenvalue weighted by molar-refractivity contribution is -0.277. The summed E-state index contributed by atoms with van der Waals surface area (Å²) < 4.78 is 11.8. The molecule has 2 heterocycles. The van der Waals surface area contributed by atoms with E-state index in [9.17, 15) is 20.4 Å². The second-order valence-electron chi connectivity index (χ2n) is 6.10. The van der Waals surface area contributed by atoms with Crippen molar-refractivity contribution in [3.05, 3.63) is 26.8 Å². The summed E-state index contributed by atoms with van der Waals surface area (Å²) in [6.07, 6.45) is -5.17. The number of aromatic amines is 1. The van der Waals surface area contributed by atoms with Gasteiger partial charge in [-0.05, 0) is 40.9 Å². The number of aliphatic hydroxyl groups is 4. The second-order valence-corrected chi connectivity index (χ2v) is 7.27. The van der Waals surface area contributed by atoms with Gasteiger partial charge in [0.15, 0.2) is 0 Å². The van der Waals surface area contributed by atoms with Gasteiger partial charge in [-0.1, -0.05) is 11.6 Å². The van der Waals surface area contributed by atoms with E-state index in [-0.39, 0.29) is 0 Å². The van der Waals surface area contributed by atoms with E-state index in [1.807, 2.05) is 13.8 Å². The molecule has 1 aromatic carbocycles. The molecule has 1 fully saturated rings. The van der Waals surface area contributed by atoms with Gasteiger partial charge in [0, 0.05) is 10.7 Å². The predicted octanol–water partition coefficient (Wildman–Crippen LogP) is 1.38. The maximum absolute atomic E-state index is 10.1. The van der Waals surface area contributed by atoms with Crippen LogP contribution in [0.5, 0.6) is 5.75 Å². The van der Waals surface area contributed by atoms with E-state index >= 15 is 0 Å². The van der Waals surface area contributed by atoms with E-state index in [1.54, 1.807) is 6.20 Å². The molecule has 1 aromatic heterocycles. The molecule has 25 heavy (non-hydrogen) atoms. The Hall–Kier alpha value is -0.870. The number of halogens is 2. The lowest BCUT2D eigenvalue weighted by atomic mass is 9.99. The minimum atomic E-state index is -1.51. The van der Waals surface area contributed by atoms with E-state index < -0.39 is 37.3 Å². The molecule has 0 radical (unpaired) electrons. The maximum atomic E-state index is 10.1. The van der Waals surface area contributed by atoms with E-state index in [0.29, 0.717) is 16.2 Å². The molecule has 7 nitrogen and oxygen atoms in total.